The number of halogens is 1. The van der Waals surface area contributed by atoms with E-state index in [1.807, 2.05) is 0 Å². The third-order valence-corrected chi connectivity index (χ3v) is 1.16. The normalized spacial score (nSPS) is 8.62. The molecule has 0 unspecified atom stereocenters. The number of carboxylic acid groups (broad SMARTS) is 1. The molecule has 0 radical (unpaired) electrons. The van der Waals surface area contributed by atoms with Gasteiger partial charge in [-0.15, -0.1) is 0 Å². The first kappa shape index (κ1) is 14.2. The number of aliphatic carboxylic acids is 1. The summed E-state index contributed by atoms with van der Waals surface area (Å²) in [6.45, 7) is 0. The average molecular weight is 204 g/mol. The third kappa shape index (κ3) is 5.84. The first-order chi connectivity index (χ1) is 5.29. The Morgan fingerprint density at radius 3 is 2.38 bits per heavy atom. The number of carboxylic acids is 1. The molecule has 1 rings (SSSR count). The van der Waals surface area contributed by atoms with E-state index in [0.717, 1.165) is 11.6 Å². The Hall–Kier alpha value is -1.39. The van der Waals surface area contributed by atoms with E-state index in [0.29, 0.717) is 0 Å². The Kier molecular flexibility index (Phi) is 7.91. The third-order valence-electron chi connectivity index (χ3n) is 1.16. The Morgan fingerprint density at radius 1 is 1.38 bits per heavy atom. The highest BCUT2D eigenvalue weighted by molar-refractivity contribution is 5.85. The Labute approximate surface area is 81.6 Å². The lowest BCUT2D eigenvalue weighted by Gasteiger charge is -1.84. The molecule has 0 aromatic carbocycles. The summed E-state index contributed by atoms with van der Waals surface area (Å²) in [5.74, 6) is -0.933. The number of nitrogens with one attached hydrogen (secondary N) is 1. The lowest BCUT2D eigenvalue weighted by Crippen LogP contribution is -3.00. The van der Waals surface area contributed by atoms with Gasteiger partial charge in [0.15, 0.2) is 12.4 Å². The van der Waals surface area contributed by atoms with Crippen LogP contribution < -0.4 is 17.4 Å². The van der Waals surface area contributed by atoms with Gasteiger partial charge in [-0.2, -0.15) is 0 Å². The maximum absolute atomic E-state index is 10.1. The van der Waals surface area contributed by atoms with Crippen LogP contribution in [0.25, 0.3) is 6.08 Å². The van der Waals surface area contributed by atoms with Gasteiger partial charge >= 0.3 is 5.97 Å². The van der Waals surface area contributed by atoms with Crippen LogP contribution in [0.1, 0.15) is 5.56 Å². The van der Waals surface area contributed by atoms with E-state index in [-0.39, 0.29) is 17.9 Å². The largest absolute Gasteiger partial charge is 1.00 e. The zero-order valence-electron chi connectivity index (χ0n) is 6.70. The second-order valence-corrected chi connectivity index (χ2v) is 2.00. The summed E-state index contributed by atoms with van der Waals surface area (Å²) >= 11 is 0. The molecule has 0 spiro atoms. The summed E-state index contributed by atoms with van der Waals surface area (Å²) in [5, 5.41) is 8.28. The van der Waals surface area contributed by atoms with Gasteiger partial charge in [0.1, 0.15) is 0 Å². The summed E-state index contributed by atoms with van der Waals surface area (Å²) in [5.41, 5.74) is 0.867. The minimum atomic E-state index is -0.933. The molecule has 5 heteroatoms. The molecular formula is C8H10ClNO3. The van der Waals surface area contributed by atoms with Gasteiger partial charge in [-0.3, -0.25) is 0 Å². The molecule has 0 saturated carbocycles. The number of pyridine rings is 1. The second-order valence-electron chi connectivity index (χ2n) is 2.00. The average Bonchev–Trinajstić information content (AvgIpc) is 2.03. The molecule has 1 aromatic heterocycles. The molecule has 0 atom stereocenters. The monoisotopic (exact) mass is 203 g/mol. The van der Waals surface area contributed by atoms with E-state index < -0.39 is 5.97 Å². The number of H-pyrrole nitrogens is 1. The maximum atomic E-state index is 10.1. The van der Waals surface area contributed by atoms with Crippen LogP contribution in [-0.4, -0.2) is 16.6 Å². The smallest absolute Gasteiger partial charge is 0.328 e. The number of carbonyl (C=O) groups is 1. The summed E-state index contributed by atoms with van der Waals surface area (Å²) in [6.07, 6.45) is 6.12. The standard InChI is InChI=1S/C8H7NO2.ClH.H2O/c10-8(11)2-1-7-3-5-9-6-4-7;;/h1-6H,(H,10,11);1H;1H2/b2-1+;;. The van der Waals surface area contributed by atoms with Gasteiger partial charge in [0.05, 0.1) is 0 Å². The van der Waals surface area contributed by atoms with Crippen LogP contribution in [0.15, 0.2) is 30.6 Å². The number of hydrogen-bond donors (Lipinski definition) is 1. The van der Waals surface area contributed by atoms with Crippen molar-refractivity contribution in [2.45, 2.75) is 0 Å². The first-order valence-corrected chi connectivity index (χ1v) is 3.16. The van der Waals surface area contributed by atoms with Crippen molar-refractivity contribution >= 4 is 12.0 Å². The molecule has 0 saturated heterocycles. The van der Waals surface area contributed by atoms with Gasteiger partial charge in [0.2, 0.25) is 0 Å². The van der Waals surface area contributed by atoms with Crippen molar-refractivity contribution in [3.05, 3.63) is 36.2 Å². The highest BCUT2D eigenvalue weighted by Gasteiger charge is 1.88. The molecule has 13 heavy (non-hydrogen) atoms. The van der Waals surface area contributed by atoms with Crippen molar-refractivity contribution < 1.29 is 32.8 Å². The van der Waals surface area contributed by atoms with E-state index in [9.17, 15) is 4.79 Å². The topological polar surface area (TPSA) is 82.9 Å². The van der Waals surface area contributed by atoms with Gasteiger partial charge in [-0.1, -0.05) is 0 Å². The number of aromatic nitrogens is 1. The molecular weight excluding hydrogens is 194 g/mol. The molecule has 72 valence electrons. The highest BCUT2D eigenvalue weighted by Crippen LogP contribution is 1.96. The van der Waals surface area contributed by atoms with Crippen LogP contribution in [0.2, 0.25) is 0 Å². The molecule has 0 amide bonds. The van der Waals surface area contributed by atoms with Crippen LogP contribution >= 0.6 is 0 Å². The van der Waals surface area contributed by atoms with Crippen molar-refractivity contribution in [1.29, 1.82) is 0 Å². The zero-order chi connectivity index (χ0) is 8.10. The molecule has 0 aliphatic heterocycles. The van der Waals surface area contributed by atoms with Crippen molar-refractivity contribution in [2.75, 3.05) is 0 Å². The Bertz CT molecular complexity index is 274. The lowest BCUT2D eigenvalue weighted by molar-refractivity contribution is -0.378. The van der Waals surface area contributed by atoms with Crippen LogP contribution in [0, 0.1) is 0 Å². The van der Waals surface area contributed by atoms with E-state index >= 15 is 0 Å². The SMILES string of the molecule is O.O=C(O)/C=C/c1cc[nH+]cc1.[Cl-]. The second kappa shape index (κ2) is 7.27. The summed E-state index contributed by atoms with van der Waals surface area (Å²) < 4.78 is 0. The van der Waals surface area contributed by atoms with Crippen molar-refractivity contribution in [1.82, 2.24) is 0 Å². The minimum absolute atomic E-state index is 0. The van der Waals surface area contributed by atoms with Gasteiger partial charge in [0.25, 0.3) is 0 Å². The molecule has 1 aromatic rings. The van der Waals surface area contributed by atoms with Crippen molar-refractivity contribution in [2.24, 2.45) is 0 Å². The van der Waals surface area contributed by atoms with E-state index in [1.54, 1.807) is 24.5 Å². The molecule has 0 aliphatic carbocycles. The lowest BCUT2D eigenvalue weighted by atomic mass is 10.2. The Morgan fingerprint density at radius 2 is 1.92 bits per heavy atom. The molecule has 0 bridgehead atoms. The van der Waals surface area contributed by atoms with Gasteiger partial charge in [-0.05, 0) is 11.6 Å². The number of rotatable bonds is 2. The van der Waals surface area contributed by atoms with Gasteiger partial charge < -0.3 is 23.0 Å². The van der Waals surface area contributed by atoms with Crippen LogP contribution in [0.4, 0.5) is 0 Å². The summed E-state index contributed by atoms with van der Waals surface area (Å²) in [6, 6.07) is 3.58. The summed E-state index contributed by atoms with van der Waals surface area (Å²) in [7, 11) is 0. The molecule has 0 aliphatic rings. The fraction of sp³-hybridized carbons (Fsp3) is 0. The summed E-state index contributed by atoms with van der Waals surface area (Å²) in [4.78, 5) is 12.9. The first-order valence-electron chi connectivity index (χ1n) is 3.16. The van der Waals surface area contributed by atoms with Gasteiger partial charge in [0, 0.05) is 18.2 Å². The fourth-order valence-corrected chi connectivity index (χ4v) is 0.678. The minimum Gasteiger partial charge on any atom is -1.00 e. The zero-order valence-corrected chi connectivity index (χ0v) is 7.45. The molecule has 4 nitrogen and oxygen atoms in total. The Balaban J connectivity index is 0. The predicted octanol–water partition coefficient (Wildman–Crippen LogP) is -3.22. The maximum Gasteiger partial charge on any atom is 0.328 e. The number of aromatic amines is 1. The predicted molar refractivity (Wildman–Crippen MR) is 43.3 cm³/mol. The van der Waals surface area contributed by atoms with E-state index in [2.05, 4.69) is 4.98 Å². The molecule has 1 heterocycles. The van der Waals surface area contributed by atoms with E-state index in [1.165, 1.54) is 6.08 Å². The molecule has 4 N–H and O–H groups in total. The quantitative estimate of drug-likeness (QED) is 0.513. The van der Waals surface area contributed by atoms with E-state index in [4.69, 9.17) is 5.11 Å². The van der Waals surface area contributed by atoms with Crippen LogP contribution in [-0.2, 0) is 4.79 Å². The van der Waals surface area contributed by atoms with Gasteiger partial charge in [-0.25, -0.2) is 9.78 Å². The fourth-order valence-electron chi connectivity index (χ4n) is 0.678. The molecule has 0 fully saturated rings. The van der Waals surface area contributed by atoms with Crippen LogP contribution in [0.3, 0.4) is 0 Å². The van der Waals surface area contributed by atoms with Crippen molar-refractivity contribution in [3.63, 3.8) is 0 Å². The number of hydrogen-bond acceptors (Lipinski definition) is 1. The van der Waals surface area contributed by atoms with Crippen molar-refractivity contribution in [3.8, 4) is 0 Å². The highest BCUT2D eigenvalue weighted by atomic mass is 35.5. The van der Waals surface area contributed by atoms with Crippen LogP contribution in [0.5, 0.6) is 0 Å².